The summed E-state index contributed by atoms with van der Waals surface area (Å²) >= 11 is 1.82. The van der Waals surface area contributed by atoms with E-state index >= 15 is 0 Å². The number of anilines is 1. The summed E-state index contributed by atoms with van der Waals surface area (Å²) in [7, 11) is 1.91. The molecule has 0 aliphatic heterocycles. The fraction of sp³-hybridized carbons (Fsp3) is 0.562. The minimum Gasteiger partial charge on any atom is -0.399 e. The van der Waals surface area contributed by atoms with Crippen LogP contribution in [0.25, 0.3) is 0 Å². The van der Waals surface area contributed by atoms with Gasteiger partial charge in [0, 0.05) is 25.2 Å². The molecule has 0 bridgehead atoms. The van der Waals surface area contributed by atoms with Gasteiger partial charge >= 0.3 is 0 Å². The number of carbonyl (C=O) groups excluding carboxylic acids is 1. The zero-order valence-corrected chi connectivity index (χ0v) is 13.7. The molecule has 0 fully saturated rings. The van der Waals surface area contributed by atoms with Crippen LogP contribution < -0.4 is 5.73 Å². The first-order valence-corrected chi connectivity index (χ1v) is 8.45. The number of hydrogen-bond acceptors (Lipinski definition) is 3. The summed E-state index contributed by atoms with van der Waals surface area (Å²) in [5.41, 5.74) is 7.61. The summed E-state index contributed by atoms with van der Waals surface area (Å²) in [5.74, 6) is 1.52. The molecule has 3 nitrogen and oxygen atoms in total. The molecule has 0 radical (unpaired) electrons. The number of rotatable bonds is 7. The minimum atomic E-state index is 0.211. The molecule has 0 aliphatic rings. The van der Waals surface area contributed by atoms with Crippen molar-refractivity contribution in [2.45, 2.75) is 38.6 Å². The van der Waals surface area contributed by atoms with E-state index in [0.717, 1.165) is 23.4 Å². The quantitative estimate of drug-likeness (QED) is 0.784. The molecule has 4 heteroatoms. The average molecular weight is 294 g/mol. The van der Waals surface area contributed by atoms with Crippen molar-refractivity contribution >= 4 is 23.4 Å². The van der Waals surface area contributed by atoms with Crippen LogP contribution in [0.1, 0.15) is 38.2 Å². The highest BCUT2D eigenvalue weighted by Gasteiger charge is 2.18. The number of thioether (sulfide) groups is 1. The summed E-state index contributed by atoms with van der Waals surface area (Å²) in [6.07, 6.45) is 3.68. The van der Waals surface area contributed by atoms with Gasteiger partial charge < -0.3 is 10.6 Å². The molecule has 0 aromatic heterocycles. The Kier molecular flexibility index (Phi) is 6.93. The Morgan fingerprint density at radius 1 is 1.30 bits per heavy atom. The lowest BCUT2D eigenvalue weighted by atomic mass is 9.96. The first-order chi connectivity index (χ1) is 9.45. The molecule has 1 amide bonds. The SMILES string of the molecule is CSCCC(C)N(C)C(=O)CC(C)c1ccc(N)cc1. The maximum atomic E-state index is 12.3. The van der Waals surface area contributed by atoms with Gasteiger partial charge in [-0.15, -0.1) is 0 Å². The van der Waals surface area contributed by atoms with E-state index in [1.165, 1.54) is 0 Å². The molecule has 1 aromatic carbocycles. The molecule has 2 N–H and O–H groups in total. The number of amides is 1. The van der Waals surface area contributed by atoms with Crippen LogP contribution in [0, 0.1) is 0 Å². The standard InChI is InChI=1S/C16H26N2OS/c1-12(14-5-7-15(17)8-6-14)11-16(19)18(3)13(2)9-10-20-4/h5-8,12-13H,9-11,17H2,1-4H3. The lowest BCUT2D eigenvalue weighted by Crippen LogP contribution is -2.36. The van der Waals surface area contributed by atoms with Crippen LogP contribution in [-0.2, 0) is 4.79 Å². The fourth-order valence-corrected chi connectivity index (χ4v) is 2.65. The van der Waals surface area contributed by atoms with Crippen molar-refractivity contribution in [2.75, 3.05) is 24.8 Å². The molecular formula is C16H26N2OS. The Hall–Kier alpha value is -1.16. The number of nitrogens with two attached hydrogens (primary N) is 1. The molecule has 0 saturated heterocycles. The van der Waals surface area contributed by atoms with Crippen molar-refractivity contribution in [1.82, 2.24) is 4.90 Å². The molecule has 0 heterocycles. The first-order valence-electron chi connectivity index (χ1n) is 7.05. The number of benzene rings is 1. The highest BCUT2D eigenvalue weighted by molar-refractivity contribution is 7.98. The van der Waals surface area contributed by atoms with Crippen molar-refractivity contribution in [2.24, 2.45) is 0 Å². The van der Waals surface area contributed by atoms with E-state index in [1.807, 2.05) is 48.0 Å². The van der Waals surface area contributed by atoms with Gasteiger partial charge in [-0.05, 0) is 49.0 Å². The number of nitrogen functional groups attached to an aromatic ring is 1. The van der Waals surface area contributed by atoms with E-state index in [1.54, 1.807) is 0 Å². The minimum absolute atomic E-state index is 0.211. The maximum Gasteiger partial charge on any atom is 0.223 e. The zero-order chi connectivity index (χ0) is 15.1. The summed E-state index contributed by atoms with van der Waals surface area (Å²) in [4.78, 5) is 14.2. The van der Waals surface area contributed by atoms with Crippen LogP contribution in [0.4, 0.5) is 5.69 Å². The van der Waals surface area contributed by atoms with Gasteiger partial charge in [0.15, 0.2) is 0 Å². The lowest BCUT2D eigenvalue weighted by Gasteiger charge is -2.26. The second-order valence-electron chi connectivity index (χ2n) is 5.41. The monoisotopic (exact) mass is 294 g/mol. The molecule has 2 atom stereocenters. The highest BCUT2D eigenvalue weighted by atomic mass is 32.2. The predicted octanol–water partition coefficient (Wildman–Crippen LogP) is 3.36. The molecular weight excluding hydrogens is 268 g/mol. The molecule has 1 rings (SSSR count). The van der Waals surface area contributed by atoms with Crippen molar-refractivity contribution < 1.29 is 4.79 Å². The molecule has 2 unspecified atom stereocenters. The second-order valence-corrected chi connectivity index (χ2v) is 6.39. The van der Waals surface area contributed by atoms with Crippen molar-refractivity contribution in [3.63, 3.8) is 0 Å². The van der Waals surface area contributed by atoms with Gasteiger partial charge in [0.05, 0.1) is 0 Å². The maximum absolute atomic E-state index is 12.3. The van der Waals surface area contributed by atoms with Crippen molar-refractivity contribution in [1.29, 1.82) is 0 Å². The van der Waals surface area contributed by atoms with Gasteiger partial charge in [-0.2, -0.15) is 11.8 Å². The van der Waals surface area contributed by atoms with Crippen LogP contribution in [0.3, 0.4) is 0 Å². The molecule has 0 saturated carbocycles. The summed E-state index contributed by atoms with van der Waals surface area (Å²) in [5, 5.41) is 0. The number of carbonyl (C=O) groups is 1. The molecule has 1 aromatic rings. The Morgan fingerprint density at radius 2 is 1.90 bits per heavy atom. The predicted molar refractivity (Wildman–Crippen MR) is 89.1 cm³/mol. The van der Waals surface area contributed by atoms with Gasteiger partial charge in [-0.1, -0.05) is 19.1 Å². The molecule has 0 aliphatic carbocycles. The Bertz CT molecular complexity index is 419. The van der Waals surface area contributed by atoms with E-state index in [0.29, 0.717) is 12.5 Å². The van der Waals surface area contributed by atoms with Crippen LogP contribution in [0.2, 0.25) is 0 Å². The van der Waals surface area contributed by atoms with Crippen LogP contribution >= 0.6 is 11.8 Å². The first kappa shape index (κ1) is 16.9. The topological polar surface area (TPSA) is 46.3 Å². The van der Waals surface area contributed by atoms with Crippen LogP contribution in [-0.4, -0.2) is 35.9 Å². The van der Waals surface area contributed by atoms with E-state index in [-0.39, 0.29) is 11.8 Å². The summed E-state index contributed by atoms with van der Waals surface area (Å²) in [6, 6.07) is 8.09. The van der Waals surface area contributed by atoms with E-state index in [4.69, 9.17) is 5.73 Å². The average Bonchev–Trinajstić information content (AvgIpc) is 2.44. The van der Waals surface area contributed by atoms with Crippen LogP contribution in [0.5, 0.6) is 0 Å². The molecule has 20 heavy (non-hydrogen) atoms. The highest BCUT2D eigenvalue weighted by Crippen LogP contribution is 2.21. The third-order valence-electron chi connectivity index (χ3n) is 3.78. The van der Waals surface area contributed by atoms with E-state index < -0.39 is 0 Å². The third kappa shape index (κ3) is 5.08. The third-order valence-corrected chi connectivity index (χ3v) is 4.42. The van der Waals surface area contributed by atoms with Crippen LogP contribution in [0.15, 0.2) is 24.3 Å². The Labute approximate surface area is 126 Å². The Morgan fingerprint density at radius 3 is 2.45 bits per heavy atom. The van der Waals surface area contributed by atoms with Gasteiger partial charge in [-0.25, -0.2) is 0 Å². The summed E-state index contributed by atoms with van der Waals surface area (Å²) in [6.45, 7) is 4.20. The largest absolute Gasteiger partial charge is 0.399 e. The smallest absolute Gasteiger partial charge is 0.223 e. The number of hydrogen-bond donors (Lipinski definition) is 1. The van der Waals surface area contributed by atoms with Crippen molar-refractivity contribution in [3.8, 4) is 0 Å². The van der Waals surface area contributed by atoms with E-state index in [9.17, 15) is 4.79 Å². The lowest BCUT2D eigenvalue weighted by molar-refractivity contribution is -0.132. The normalized spacial score (nSPS) is 13.8. The number of nitrogens with zero attached hydrogens (tertiary/aromatic N) is 1. The molecule has 0 spiro atoms. The van der Waals surface area contributed by atoms with Gasteiger partial charge in [-0.3, -0.25) is 4.79 Å². The van der Waals surface area contributed by atoms with E-state index in [2.05, 4.69) is 20.1 Å². The van der Waals surface area contributed by atoms with Gasteiger partial charge in [0.25, 0.3) is 0 Å². The molecule has 112 valence electrons. The van der Waals surface area contributed by atoms with Gasteiger partial charge in [0.2, 0.25) is 5.91 Å². The van der Waals surface area contributed by atoms with Crippen molar-refractivity contribution in [3.05, 3.63) is 29.8 Å². The fourth-order valence-electron chi connectivity index (χ4n) is 2.08. The van der Waals surface area contributed by atoms with Gasteiger partial charge in [0.1, 0.15) is 0 Å². The summed E-state index contributed by atoms with van der Waals surface area (Å²) < 4.78 is 0. The zero-order valence-electron chi connectivity index (χ0n) is 12.9. The second kappa shape index (κ2) is 8.20. The Balaban J connectivity index is 2.54.